The molecule has 1 amide bonds. The highest BCUT2D eigenvalue weighted by Gasteiger charge is 2.27. The van der Waals surface area contributed by atoms with Crippen LogP contribution in [0.1, 0.15) is 31.9 Å². The molecule has 3 rings (SSSR count). The van der Waals surface area contributed by atoms with E-state index >= 15 is 0 Å². The van der Waals surface area contributed by atoms with E-state index in [0.717, 1.165) is 17.7 Å². The van der Waals surface area contributed by atoms with Crippen molar-refractivity contribution in [3.05, 3.63) is 30.1 Å². The molecule has 1 aromatic heterocycles. The largest absolute Gasteiger partial charge is 0.454 e. The van der Waals surface area contributed by atoms with Crippen LogP contribution in [-0.4, -0.2) is 32.9 Å². The number of hydrogen-bond donors (Lipinski definition) is 1. The number of rotatable bonds is 6. The fourth-order valence-corrected chi connectivity index (χ4v) is 2.50. The fourth-order valence-electron chi connectivity index (χ4n) is 2.50. The van der Waals surface area contributed by atoms with Gasteiger partial charge in [-0.1, -0.05) is 26.3 Å². The van der Waals surface area contributed by atoms with Crippen molar-refractivity contribution < 1.29 is 14.3 Å². The first-order chi connectivity index (χ1) is 11.2. The summed E-state index contributed by atoms with van der Waals surface area (Å²) in [6.45, 7) is 4.69. The molecular formula is C15H19N5O3. The lowest BCUT2D eigenvalue weighted by molar-refractivity contribution is -0.126. The second-order valence-corrected chi connectivity index (χ2v) is 5.53. The van der Waals surface area contributed by atoms with Crippen molar-refractivity contribution in [1.82, 2.24) is 25.5 Å². The number of ether oxygens (including phenoxy) is 2. The van der Waals surface area contributed by atoms with E-state index in [-0.39, 0.29) is 18.6 Å². The van der Waals surface area contributed by atoms with Crippen molar-refractivity contribution in [2.45, 2.75) is 32.9 Å². The lowest BCUT2D eigenvalue weighted by atomic mass is 9.98. The van der Waals surface area contributed by atoms with Crippen LogP contribution < -0.4 is 14.8 Å². The molecule has 8 nitrogen and oxygen atoms in total. The molecular weight excluding hydrogens is 298 g/mol. The Hall–Kier alpha value is -2.64. The topological polar surface area (TPSA) is 91.2 Å². The van der Waals surface area contributed by atoms with Crippen LogP contribution in [0, 0.1) is 5.92 Å². The molecule has 122 valence electrons. The van der Waals surface area contributed by atoms with Crippen molar-refractivity contribution in [3.63, 3.8) is 0 Å². The van der Waals surface area contributed by atoms with Gasteiger partial charge in [-0.2, -0.15) is 0 Å². The number of nitrogens with one attached hydrogen (secondary N) is 1. The lowest BCUT2D eigenvalue weighted by Crippen LogP contribution is -2.36. The Morgan fingerprint density at radius 2 is 2.22 bits per heavy atom. The van der Waals surface area contributed by atoms with Crippen LogP contribution >= 0.6 is 0 Å². The van der Waals surface area contributed by atoms with Gasteiger partial charge in [0, 0.05) is 6.54 Å². The summed E-state index contributed by atoms with van der Waals surface area (Å²) in [7, 11) is 0. The molecule has 1 aliphatic rings. The minimum Gasteiger partial charge on any atom is -0.454 e. The SMILES string of the molecule is CCC(C)C(C(=O)NCc1ccc2c(c1)OCO2)n1cnnn1. The Balaban J connectivity index is 1.67. The average molecular weight is 317 g/mol. The summed E-state index contributed by atoms with van der Waals surface area (Å²) in [5.74, 6) is 1.45. The molecule has 1 aromatic carbocycles. The van der Waals surface area contributed by atoms with E-state index < -0.39 is 6.04 Å². The first kappa shape index (κ1) is 15.3. The molecule has 1 N–H and O–H groups in total. The average Bonchev–Trinajstić information content (AvgIpc) is 3.23. The Kier molecular flexibility index (Phi) is 4.40. The second kappa shape index (κ2) is 6.64. The van der Waals surface area contributed by atoms with E-state index in [0.29, 0.717) is 12.3 Å². The van der Waals surface area contributed by atoms with Crippen molar-refractivity contribution in [1.29, 1.82) is 0 Å². The van der Waals surface area contributed by atoms with Gasteiger partial charge < -0.3 is 14.8 Å². The Labute approximate surface area is 133 Å². The van der Waals surface area contributed by atoms with Crippen molar-refractivity contribution >= 4 is 5.91 Å². The number of carbonyl (C=O) groups is 1. The summed E-state index contributed by atoms with van der Waals surface area (Å²) in [4.78, 5) is 12.6. The van der Waals surface area contributed by atoms with Crippen LogP contribution in [0.15, 0.2) is 24.5 Å². The van der Waals surface area contributed by atoms with Gasteiger partial charge in [-0.05, 0) is 34.0 Å². The van der Waals surface area contributed by atoms with Gasteiger partial charge in [0.2, 0.25) is 12.7 Å². The summed E-state index contributed by atoms with van der Waals surface area (Å²) in [6, 6.07) is 5.20. The highest BCUT2D eigenvalue weighted by molar-refractivity contribution is 5.80. The summed E-state index contributed by atoms with van der Waals surface area (Å²) >= 11 is 0. The van der Waals surface area contributed by atoms with Gasteiger partial charge in [-0.25, -0.2) is 4.68 Å². The predicted molar refractivity (Wildman–Crippen MR) is 80.7 cm³/mol. The summed E-state index contributed by atoms with van der Waals surface area (Å²) in [5, 5.41) is 14.1. The number of nitrogens with zero attached hydrogens (tertiary/aromatic N) is 4. The number of carbonyl (C=O) groups excluding carboxylic acids is 1. The van der Waals surface area contributed by atoms with Gasteiger partial charge in [0.1, 0.15) is 12.4 Å². The molecule has 23 heavy (non-hydrogen) atoms. The Bertz CT molecular complexity index is 674. The van der Waals surface area contributed by atoms with Crippen LogP contribution in [0.25, 0.3) is 0 Å². The van der Waals surface area contributed by atoms with Crippen molar-refractivity contribution in [3.8, 4) is 11.5 Å². The third-order valence-electron chi connectivity index (χ3n) is 4.01. The Morgan fingerprint density at radius 1 is 1.39 bits per heavy atom. The molecule has 0 radical (unpaired) electrons. The molecule has 0 saturated carbocycles. The highest BCUT2D eigenvalue weighted by atomic mass is 16.7. The normalized spacial score (nSPS) is 15.2. The maximum atomic E-state index is 12.6. The molecule has 2 atom stereocenters. The highest BCUT2D eigenvalue weighted by Crippen LogP contribution is 2.32. The zero-order valence-corrected chi connectivity index (χ0v) is 13.1. The smallest absolute Gasteiger partial charge is 0.245 e. The van der Waals surface area contributed by atoms with Crippen molar-refractivity contribution in [2.75, 3.05) is 6.79 Å². The van der Waals surface area contributed by atoms with E-state index in [1.807, 2.05) is 32.0 Å². The number of tetrazole rings is 1. The summed E-state index contributed by atoms with van der Waals surface area (Å²) < 4.78 is 12.1. The number of hydrogen-bond acceptors (Lipinski definition) is 6. The standard InChI is InChI=1S/C15H19N5O3/c1-3-10(2)14(20-8-17-18-19-20)15(21)16-7-11-4-5-12-13(6-11)23-9-22-12/h4-6,8,10,14H,3,7,9H2,1-2H3,(H,16,21). The maximum absolute atomic E-state index is 12.6. The van der Waals surface area contributed by atoms with E-state index in [2.05, 4.69) is 20.8 Å². The molecule has 2 unspecified atom stereocenters. The van der Waals surface area contributed by atoms with E-state index in [1.165, 1.54) is 11.0 Å². The van der Waals surface area contributed by atoms with Gasteiger partial charge in [-0.15, -0.1) is 5.10 Å². The van der Waals surface area contributed by atoms with Crippen molar-refractivity contribution in [2.24, 2.45) is 5.92 Å². The molecule has 0 saturated heterocycles. The van der Waals surface area contributed by atoms with Crippen LogP contribution in [0.5, 0.6) is 11.5 Å². The minimum atomic E-state index is -0.427. The minimum absolute atomic E-state index is 0.107. The third-order valence-corrected chi connectivity index (χ3v) is 4.01. The molecule has 0 aliphatic carbocycles. The molecule has 0 fully saturated rings. The van der Waals surface area contributed by atoms with Gasteiger partial charge in [0.25, 0.3) is 0 Å². The molecule has 2 heterocycles. The number of aromatic nitrogens is 4. The lowest BCUT2D eigenvalue weighted by Gasteiger charge is -2.21. The van der Waals surface area contributed by atoms with E-state index in [1.54, 1.807) is 0 Å². The van der Waals surface area contributed by atoms with Gasteiger partial charge in [0.15, 0.2) is 11.5 Å². The van der Waals surface area contributed by atoms with Crippen LogP contribution in [0.2, 0.25) is 0 Å². The maximum Gasteiger partial charge on any atom is 0.245 e. The number of fused-ring (bicyclic) bond motifs is 1. The Morgan fingerprint density at radius 3 is 2.96 bits per heavy atom. The molecule has 0 bridgehead atoms. The van der Waals surface area contributed by atoms with Gasteiger partial charge >= 0.3 is 0 Å². The molecule has 0 spiro atoms. The van der Waals surface area contributed by atoms with Crippen LogP contribution in [0.3, 0.4) is 0 Å². The van der Waals surface area contributed by atoms with Gasteiger partial charge in [0.05, 0.1) is 0 Å². The summed E-state index contributed by atoms with van der Waals surface area (Å²) in [5.41, 5.74) is 0.946. The zero-order valence-electron chi connectivity index (χ0n) is 13.1. The van der Waals surface area contributed by atoms with Crippen LogP contribution in [0.4, 0.5) is 0 Å². The second-order valence-electron chi connectivity index (χ2n) is 5.53. The molecule has 2 aromatic rings. The number of amides is 1. The van der Waals surface area contributed by atoms with E-state index in [4.69, 9.17) is 9.47 Å². The third kappa shape index (κ3) is 3.25. The quantitative estimate of drug-likeness (QED) is 0.863. The summed E-state index contributed by atoms with van der Waals surface area (Å²) in [6.07, 6.45) is 2.32. The first-order valence-corrected chi connectivity index (χ1v) is 7.57. The fraction of sp³-hybridized carbons (Fsp3) is 0.467. The zero-order chi connectivity index (χ0) is 16.2. The molecule has 1 aliphatic heterocycles. The predicted octanol–water partition coefficient (Wildman–Crippen LogP) is 1.31. The number of benzene rings is 1. The van der Waals surface area contributed by atoms with Gasteiger partial charge in [-0.3, -0.25) is 4.79 Å². The molecule has 8 heteroatoms. The van der Waals surface area contributed by atoms with Crippen LogP contribution in [-0.2, 0) is 11.3 Å². The van der Waals surface area contributed by atoms with E-state index in [9.17, 15) is 4.79 Å². The monoisotopic (exact) mass is 317 g/mol. The first-order valence-electron chi connectivity index (χ1n) is 7.57.